The second-order valence-electron chi connectivity index (χ2n) is 6.14. The van der Waals surface area contributed by atoms with Gasteiger partial charge in [0.05, 0.1) is 12.8 Å². The molecule has 1 aromatic carbocycles. The summed E-state index contributed by atoms with van der Waals surface area (Å²) in [4.78, 5) is 4.63. The largest absolute Gasteiger partial charge is 0.495 e. The number of nitrogens with zero attached hydrogens (tertiary/aromatic N) is 3. The van der Waals surface area contributed by atoms with Gasteiger partial charge in [-0.15, -0.1) is 5.10 Å². The van der Waals surface area contributed by atoms with Gasteiger partial charge in [0.1, 0.15) is 11.6 Å². The number of hydrogen-bond donors (Lipinski definition) is 1. The zero-order valence-corrected chi connectivity index (χ0v) is 13.7. The van der Waals surface area contributed by atoms with Crippen molar-refractivity contribution in [2.24, 2.45) is 5.92 Å². The van der Waals surface area contributed by atoms with Crippen LogP contribution in [0.1, 0.15) is 18.7 Å². The van der Waals surface area contributed by atoms with Gasteiger partial charge in [0.25, 0.3) is 0 Å². The number of rotatable bonds is 6. The Balaban J connectivity index is 1.65. The molecule has 0 saturated heterocycles. The maximum atomic E-state index is 5.40. The Kier molecular flexibility index (Phi) is 3.69. The quantitative estimate of drug-likeness (QED) is 0.698. The van der Waals surface area contributed by atoms with Crippen molar-refractivity contribution in [3.8, 4) is 5.75 Å². The van der Waals surface area contributed by atoms with Gasteiger partial charge in [0, 0.05) is 6.42 Å². The third-order valence-electron chi connectivity index (χ3n) is 4.31. The molecule has 2 aromatic heterocycles. The number of hydrogen-bond acceptors (Lipinski definition) is 4. The van der Waals surface area contributed by atoms with Crippen LogP contribution in [0.3, 0.4) is 0 Å². The summed E-state index contributed by atoms with van der Waals surface area (Å²) in [6.45, 7) is 4.17. The normalized spacial score (nSPS) is 13.9. The lowest BCUT2D eigenvalue weighted by Gasteiger charge is -2.11. The minimum absolute atomic E-state index is 0.669. The maximum Gasteiger partial charge on any atom is 0.158 e. The first-order chi connectivity index (χ1) is 11.7. The topological polar surface area (TPSA) is 51.5 Å². The lowest BCUT2D eigenvalue weighted by atomic mass is 10.1. The summed E-state index contributed by atoms with van der Waals surface area (Å²) in [5.41, 5.74) is 2.96. The smallest absolute Gasteiger partial charge is 0.158 e. The Hall–Kier alpha value is -2.82. The van der Waals surface area contributed by atoms with Crippen molar-refractivity contribution in [2.75, 3.05) is 12.4 Å². The third kappa shape index (κ3) is 2.85. The Morgan fingerprint density at radius 3 is 2.88 bits per heavy atom. The fourth-order valence-electron chi connectivity index (χ4n) is 2.84. The van der Waals surface area contributed by atoms with Crippen LogP contribution in [-0.4, -0.2) is 21.7 Å². The molecule has 1 saturated carbocycles. The Morgan fingerprint density at radius 1 is 1.25 bits per heavy atom. The molecule has 3 aromatic rings. The molecule has 4 rings (SSSR count). The molecule has 5 heteroatoms. The molecule has 0 amide bonds. The van der Waals surface area contributed by atoms with E-state index >= 15 is 0 Å². The summed E-state index contributed by atoms with van der Waals surface area (Å²) in [5.74, 6) is 3.13. The number of benzene rings is 1. The van der Waals surface area contributed by atoms with Crippen molar-refractivity contribution >= 4 is 17.2 Å². The third-order valence-corrected chi connectivity index (χ3v) is 4.31. The van der Waals surface area contributed by atoms with E-state index in [0.717, 1.165) is 35.1 Å². The summed E-state index contributed by atoms with van der Waals surface area (Å²) < 4.78 is 7.24. The van der Waals surface area contributed by atoms with Gasteiger partial charge in [-0.05, 0) is 43.0 Å². The van der Waals surface area contributed by atoms with E-state index in [1.165, 1.54) is 18.4 Å². The predicted molar refractivity (Wildman–Crippen MR) is 94.8 cm³/mol. The molecule has 0 aliphatic heterocycles. The van der Waals surface area contributed by atoms with Gasteiger partial charge in [-0.25, -0.2) is 4.98 Å². The summed E-state index contributed by atoms with van der Waals surface area (Å²) in [5, 5.41) is 8.04. The summed E-state index contributed by atoms with van der Waals surface area (Å²) >= 11 is 0. The molecule has 122 valence electrons. The van der Waals surface area contributed by atoms with Crippen LogP contribution in [0.4, 0.5) is 11.5 Å². The fraction of sp³-hybridized carbons (Fsp3) is 0.263. The van der Waals surface area contributed by atoms with Gasteiger partial charge >= 0.3 is 0 Å². The second kappa shape index (κ2) is 6.00. The molecule has 1 fully saturated rings. The van der Waals surface area contributed by atoms with Crippen LogP contribution in [0.15, 0.2) is 54.6 Å². The molecule has 1 aliphatic carbocycles. The van der Waals surface area contributed by atoms with E-state index in [1.807, 2.05) is 47.0 Å². The molecule has 0 spiro atoms. The molecule has 1 aliphatic rings. The van der Waals surface area contributed by atoms with Crippen molar-refractivity contribution in [3.05, 3.63) is 60.4 Å². The van der Waals surface area contributed by atoms with E-state index in [9.17, 15) is 0 Å². The van der Waals surface area contributed by atoms with E-state index in [1.54, 1.807) is 7.11 Å². The number of anilines is 2. The summed E-state index contributed by atoms with van der Waals surface area (Å²) in [7, 11) is 1.66. The van der Waals surface area contributed by atoms with Gasteiger partial charge in [0.15, 0.2) is 11.5 Å². The molecule has 0 atom stereocenters. The van der Waals surface area contributed by atoms with Crippen LogP contribution >= 0.6 is 0 Å². The average molecular weight is 320 g/mol. The Morgan fingerprint density at radius 2 is 2.08 bits per heavy atom. The maximum absolute atomic E-state index is 5.40. The summed E-state index contributed by atoms with van der Waals surface area (Å²) in [6, 6.07) is 13.7. The molecule has 0 unspecified atom stereocenters. The number of fused-ring (bicyclic) bond motifs is 1. The SMILES string of the molecule is C=C(Cc1nc2cccc(Nc3ccccc3OC)n2n1)C1CC1. The lowest BCUT2D eigenvalue weighted by molar-refractivity contribution is 0.417. The van der Waals surface area contributed by atoms with Crippen molar-refractivity contribution in [1.29, 1.82) is 0 Å². The van der Waals surface area contributed by atoms with Gasteiger partial charge in [-0.3, -0.25) is 0 Å². The first-order valence-corrected chi connectivity index (χ1v) is 8.17. The zero-order valence-electron chi connectivity index (χ0n) is 13.7. The highest BCUT2D eigenvalue weighted by molar-refractivity contribution is 5.65. The van der Waals surface area contributed by atoms with Crippen molar-refractivity contribution in [2.45, 2.75) is 19.3 Å². The molecule has 0 bridgehead atoms. The minimum Gasteiger partial charge on any atom is -0.495 e. The lowest BCUT2D eigenvalue weighted by Crippen LogP contribution is -2.01. The van der Waals surface area contributed by atoms with E-state index in [4.69, 9.17) is 4.74 Å². The molecule has 5 nitrogen and oxygen atoms in total. The molecule has 0 radical (unpaired) electrons. The second-order valence-corrected chi connectivity index (χ2v) is 6.14. The van der Waals surface area contributed by atoms with E-state index in [2.05, 4.69) is 22.0 Å². The monoisotopic (exact) mass is 320 g/mol. The number of aromatic nitrogens is 3. The van der Waals surface area contributed by atoms with Crippen molar-refractivity contribution in [1.82, 2.24) is 14.6 Å². The van der Waals surface area contributed by atoms with Crippen LogP contribution in [-0.2, 0) is 6.42 Å². The first-order valence-electron chi connectivity index (χ1n) is 8.17. The number of methoxy groups -OCH3 is 1. The molecule has 1 N–H and O–H groups in total. The minimum atomic E-state index is 0.669. The number of para-hydroxylation sites is 2. The predicted octanol–water partition coefficient (Wildman–Crippen LogP) is 3.99. The van der Waals surface area contributed by atoms with E-state index in [-0.39, 0.29) is 0 Å². The number of pyridine rings is 1. The van der Waals surface area contributed by atoms with Gasteiger partial charge in [0.2, 0.25) is 0 Å². The van der Waals surface area contributed by atoms with Crippen molar-refractivity contribution < 1.29 is 4.74 Å². The highest BCUT2D eigenvalue weighted by Crippen LogP contribution is 2.36. The number of allylic oxidation sites excluding steroid dienone is 1. The molecule has 24 heavy (non-hydrogen) atoms. The average Bonchev–Trinajstić information content (AvgIpc) is 3.36. The molecule has 2 heterocycles. The van der Waals surface area contributed by atoms with Crippen LogP contribution in [0.5, 0.6) is 5.75 Å². The van der Waals surface area contributed by atoms with Crippen LogP contribution in [0, 0.1) is 5.92 Å². The molecular weight excluding hydrogens is 300 g/mol. The highest BCUT2D eigenvalue weighted by Gasteiger charge is 2.25. The standard InChI is InChI=1S/C19H20N4O/c1-13(14-10-11-14)12-17-21-19-9-5-8-18(23(19)22-17)20-15-6-3-4-7-16(15)24-2/h3-9,14,20H,1,10-12H2,2H3. The number of nitrogens with one attached hydrogen (secondary N) is 1. The van der Waals surface area contributed by atoms with E-state index < -0.39 is 0 Å². The van der Waals surface area contributed by atoms with E-state index in [0.29, 0.717) is 5.92 Å². The van der Waals surface area contributed by atoms with Crippen molar-refractivity contribution in [3.63, 3.8) is 0 Å². The fourth-order valence-corrected chi connectivity index (χ4v) is 2.84. The van der Waals surface area contributed by atoms with Crippen LogP contribution < -0.4 is 10.1 Å². The Bertz CT molecular complexity index is 895. The van der Waals surface area contributed by atoms with Gasteiger partial charge in [-0.2, -0.15) is 4.52 Å². The van der Waals surface area contributed by atoms with Gasteiger partial charge in [-0.1, -0.05) is 30.4 Å². The first kappa shape index (κ1) is 14.8. The highest BCUT2D eigenvalue weighted by atomic mass is 16.5. The van der Waals surface area contributed by atoms with Gasteiger partial charge < -0.3 is 10.1 Å². The summed E-state index contributed by atoms with van der Waals surface area (Å²) in [6.07, 6.45) is 3.26. The van der Waals surface area contributed by atoms with Crippen LogP contribution in [0.25, 0.3) is 5.65 Å². The molecular formula is C19H20N4O. The zero-order chi connectivity index (χ0) is 16.5. The number of ether oxygens (including phenoxy) is 1. The Labute approximate surface area is 141 Å². The van der Waals surface area contributed by atoms with Crippen LogP contribution in [0.2, 0.25) is 0 Å².